The summed E-state index contributed by atoms with van der Waals surface area (Å²) in [6.45, 7) is 19.9. The van der Waals surface area contributed by atoms with Gasteiger partial charge in [-0.3, -0.25) is 0 Å². The Bertz CT molecular complexity index is 840. The van der Waals surface area contributed by atoms with Gasteiger partial charge in [0.05, 0.1) is 0 Å². The number of carbonyl (C=O) groups excluding carboxylic acids is 3. The van der Waals surface area contributed by atoms with Gasteiger partial charge in [-0.25, -0.2) is 14.4 Å². The second-order valence-corrected chi connectivity index (χ2v) is 6.96. The summed E-state index contributed by atoms with van der Waals surface area (Å²) in [6.07, 6.45) is -2.61. The molecule has 30 heavy (non-hydrogen) atoms. The van der Waals surface area contributed by atoms with Crippen LogP contribution in [-0.2, 0) is 28.6 Å². The Balaban J connectivity index is 3.46. The van der Waals surface area contributed by atoms with Crippen molar-refractivity contribution >= 4 is 17.9 Å². The first-order valence-electron chi connectivity index (χ1n) is 9.19. The zero-order valence-corrected chi connectivity index (χ0v) is 18.1. The van der Waals surface area contributed by atoms with E-state index in [0.29, 0.717) is 5.56 Å². The highest BCUT2D eigenvalue weighted by molar-refractivity contribution is 5.88. The van der Waals surface area contributed by atoms with E-state index in [1.165, 1.54) is 20.8 Å². The van der Waals surface area contributed by atoms with Crippen LogP contribution in [0.5, 0.6) is 0 Å². The van der Waals surface area contributed by atoms with Crippen LogP contribution in [0.1, 0.15) is 76.8 Å². The van der Waals surface area contributed by atoms with E-state index in [9.17, 15) is 14.4 Å². The molecular formula is C21H27N3O6. The molecule has 3 atom stereocenters. The predicted octanol–water partition coefficient (Wildman–Crippen LogP) is 3.41. The van der Waals surface area contributed by atoms with Crippen molar-refractivity contribution in [2.24, 2.45) is 0 Å². The molecule has 0 amide bonds. The van der Waals surface area contributed by atoms with Crippen LogP contribution < -0.4 is 0 Å². The molecule has 0 aliphatic carbocycles. The first kappa shape index (κ1) is 24.7. The third kappa shape index (κ3) is 6.33. The molecule has 1 heterocycles. The lowest BCUT2D eigenvalue weighted by atomic mass is 10.0. The highest BCUT2D eigenvalue weighted by Crippen LogP contribution is 2.33. The lowest BCUT2D eigenvalue weighted by Crippen LogP contribution is -2.22. The predicted molar refractivity (Wildman–Crippen MR) is 108 cm³/mol. The molecule has 0 radical (unpaired) electrons. The smallest absolute Gasteiger partial charge is 0.333 e. The van der Waals surface area contributed by atoms with Crippen LogP contribution in [-0.4, -0.2) is 33.3 Å². The summed E-state index contributed by atoms with van der Waals surface area (Å²) < 4.78 is 16.1. The SMILES string of the molecule is C=C(C)C(=O)OC(C)c1nnnc(C(C)OC(=O)C(=C)C)c1C(C)OC(=O)C(=C)C. The van der Waals surface area contributed by atoms with Gasteiger partial charge in [-0.15, -0.1) is 10.2 Å². The summed E-state index contributed by atoms with van der Waals surface area (Å²) in [5.41, 5.74) is 1.32. The van der Waals surface area contributed by atoms with E-state index in [2.05, 4.69) is 35.1 Å². The third-order valence-electron chi connectivity index (χ3n) is 3.93. The van der Waals surface area contributed by atoms with Crippen molar-refractivity contribution in [3.63, 3.8) is 0 Å². The molecule has 0 fully saturated rings. The molecular weight excluding hydrogens is 390 g/mol. The molecule has 0 aliphatic rings. The molecule has 1 rings (SSSR count). The molecule has 0 aromatic carbocycles. The lowest BCUT2D eigenvalue weighted by Gasteiger charge is -2.24. The van der Waals surface area contributed by atoms with Gasteiger partial charge in [0.25, 0.3) is 0 Å². The lowest BCUT2D eigenvalue weighted by molar-refractivity contribution is -0.146. The molecule has 0 N–H and O–H groups in total. The van der Waals surface area contributed by atoms with Crippen LogP contribution in [0.15, 0.2) is 36.5 Å². The fraction of sp³-hybridized carbons (Fsp3) is 0.429. The zero-order valence-electron chi connectivity index (χ0n) is 18.1. The minimum atomic E-state index is -0.876. The van der Waals surface area contributed by atoms with Gasteiger partial charge in [-0.05, 0) is 46.8 Å². The summed E-state index contributed by atoms with van der Waals surface area (Å²) >= 11 is 0. The van der Waals surface area contributed by atoms with Crippen LogP contribution in [0.2, 0.25) is 0 Å². The van der Waals surface area contributed by atoms with Gasteiger partial charge >= 0.3 is 17.9 Å². The summed E-state index contributed by atoms with van der Waals surface area (Å²) in [5, 5.41) is 11.7. The van der Waals surface area contributed by atoms with Gasteiger partial charge in [-0.2, -0.15) is 0 Å². The van der Waals surface area contributed by atoms with E-state index < -0.39 is 36.2 Å². The maximum atomic E-state index is 12.1. The van der Waals surface area contributed by atoms with E-state index >= 15 is 0 Å². The van der Waals surface area contributed by atoms with E-state index in [1.54, 1.807) is 20.8 Å². The summed E-state index contributed by atoms with van der Waals surface area (Å²) in [6, 6.07) is 0. The maximum absolute atomic E-state index is 12.1. The molecule has 9 heteroatoms. The summed E-state index contributed by atoms with van der Waals surface area (Å²) in [7, 11) is 0. The van der Waals surface area contributed by atoms with E-state index in [-0.39, 0.29) is 28.1 Å². The van der Waals surface area contributed by atoms with Crippen molar-refractivity contribution in [3.05, 3.63) is 53.4 Å². The van der Waals surface area contributed by atoms with Gasteiger partial charge in [0.15, 0.2) is 0 Å². The standard InChI is InChI=1S/C21H27N3O6/c1-10(2)19(25)28-13(7)16-17(14(8)29-20(26)11(3)4)22-24-23-18(16)15(9)30-21(27)12(5)6/h13-15H,1,3,5H2,2,4,6-9H3. The van der Waals surface area contributed by atoms with Crippen molar-refractivity contribution in [2.45, 2.75) is 59.9 Å². The average Bonchev–Trinajstić information content (AvgIpc) is 2.66. The molecule has 1 aromatic heterocycles. The first-order chi connectivity index (χ1) is 13.9. The monoisotopic (exact) mass is 417 g/mol. The minimum Gasteiger partial charge on any atom is -0.454 e. The van der Waals surface area contributed by atoms with Crippen LogP contribution in [0.4, 0.5) is 0 Å². The normalized spacial score (nSPS) is 13.4. The van der Waals surface area contributed by atoms with E-state index in [4.69, 9.17) is 14.2 Å². The van der Waals surface area contributed by atoms with Crippen molar-refractivity contribution < 1.29 is 28.6 Å². The first-order valence-corrected chi connectivity index (χ1v) is 9.19. The maximum Gasteiger partial charge on any atom is 0.333 e. The summed E-state index contributed by atoms with van der Waals surface area (Å²) in [5.74, 6) is -1.88. The molecule has 3 unspecified atom stereocenters. The molecule has 1 aromatic rings. The molecule has 162 valence electrons. The van der Waals surface area contributed by atoms with Crippen molar-refractivity contribution in [3.8, 4) is 0 Å². The Hall–Kier alpha value is -3.36. The second-order valence-electron chi connectivity index (χ2n) is 6.96. The van der Waals surface area contributed by atoms with Crippen LogP contribution in [0.3, 0.4) is 0 Å². The molecule has 0 saturated heterocycles. The molecule has 0 spiro atoms. The number of carbonyl (C=O) groups is 3. The van der Waals surface area contributed by atoms with E-state index in [0.717, 1.165) is 0 Å². The minimum absolute atomic E-state index is 0.198. The number of ether oxygens (including phenoxy) is 3. The summed E-state index contributed by atoms with van der Waals surface area (Å²) in [4.78, 5) is 36.0. The number of hydrogen-bond donors (Lipinski definition) is 0. The topological polar surface area (TPSA) is 118 Å². The van der Waals surface area contributed by atoms with Crippen molar-refractivity contribution in [1.82, 2.24) is 15.4 Å². The fourth-order valence-electron chi connectivity index (χ4n) is 2.33. The Morgan fingerprint density at radius 3 is 1.27 bits per heavy atom. The molecule has 0 aliphatic heterocycles. The number of aromatic nitrogens is 3. The Morgan fingerprint density at radius 1 is 0.667 bits per heavy atom. The highest BCUT2D eigenvalue weighted by Gasteiger charge is 2.30. The van der Waals surface area contributed by atoms with Gasteiger partial charge < -0.3 is 14.2 Å². The fourth-order valence-corrected chi connectivity index (χ4v) is 2.33. The quantitative estimate of drug-likeness (QED) is 0.338. The number of hydrogen-bond acceptors (Lipinski definition) is 9. The number of nitrogens with zero attached hydrogens (tertiary/aromatic N) is 3. The zero-order chi connectivity index (χ0) is 23.2. The molecule has 0 bridgehead atoms. The third-order valence-corrected chi connectivity index (χ3v) is 3.93. The van der Waals surface area contributed by atoms with Gasteiger partial charge in [0, 0.05) is 22.3 Å². The highest BCUT2D eigenvalue weighted by atomic mass is 16.6. The van der Waals surface area contributed by atoms with Crippen molar-refractivity contribution in [2.75, 3.05) is 0 Å². The van der Waals surface area contributed by atoms with Gasteiger partial charge in [-0.1, -0.05) is 19.7 Å². The van der Waals surface area contributed by atoms with Gasteiger partial charge in [0.1, 0.15) is 29.7 Å². The Kier molecular flexibility index (Phi) is 8.58. The molecule has 0 saturated carbocycles. The largest absolute Gasteiger partial charge is 0.454 e. The van der Waals surface area contributed by atoms with Crippen molar-refractivity contribution in [1.29, 1.82) is 0 Å². The van der Waals surface area contributed by atoms with E-state index in [1.807, 2.05) is 0 Å². The second kappa shape index (κ2) is 10.4. The van der Waals surface area contributed by atoms with Gasteiger partial charge in [0.2, 0.25) is 0 Å². The van der Waals surface area contributed by atoms with Crippen LogP contribution >= 0.6 is 0 Å². The van der Waals surface area contributed by atoms with Crippen LogP contribution in [0.25, 0.3) is 0 Å². The Labute approximate surface area is 175 Å². The Morgan fingerprint density at radius 2 is 0.967 bits per heavy atom. The number of esters is 3. The van der Waals surface area contributed by atoms with Crippen LogP contribution in [0, 0.1) is 0 Å². The average molecular weight is 417 g/mol. The number of rotatable bonds is 9. The molecule has 9 nitrogen and oxygen atoms in total.